The summed E-state index contributed by atoms with van der Waals surface area (Å²) in [5.74, 6) is -1.35. The minimum atomic E-state index is -0.683. The summed E-state index contributed by atoms with van der Waals surface area (Å²) in [6, 6.07) is 20.7. The van der Waals surface area contributed by atoms with E-state index in [1.165, 1.54) is 18.9 Å². The maximum absolute atomic E-state index is 12.7. The number of ether oxygens (including phenoxy) is 2. The zero-order chi connectivity index (χ0) is 21.3. The molecule has 0 N–H and O–H groups in total. The van der Waals surface area contributed by atoms with Gasteiger partial charge in [-0.3, -0.25) is 0 Å². The number of aromatic nitrogens is 2. The van der Waals surface area contributed by atoms with Crippen molar-refractivity contribution in [1.82, 2.24) is 9.78 Å². The molecule has 4 aromatic rings. The van der Waals surface area contributed by atoms with E-state index in [4.69, 9.17) is 9.47 Å². The summed E-state index contributed by atoms with van der Waals surface area (Å²) in [6.45, 7) is 0. The molecule has 0 bridgehead atoms. The van der Waals surface area contributed by atoms with Gasteiger partial charge in [0.05, 0.1) is 19.9 Å². The molecule has 0 aliphatic heterocycles. The first kappa shape index (κ1) is 19.8. The number of hydrogen-bond acceptors (Lipinski definition) is 5. The van der Waals surface area contributed by atoms with E-state index in [-0.39, 0.29) is 11.3 Å². The van der Waals surface area contributed by atoms with Crippen LogP contribution in [0.2, 0.25) is 0 Å². The number of halogens is 1. The first-order valence-electron chi connectivity index (χ1n) is 9.09. The molecule has 0 spiro atoms. The van der Waals surface area contributed by atoms with Crippen LogP contribution in [0.3, 0.4) is 0 Å². The summed E-state index contributed by atoms with van der Waals surface area (Å²) in [4.78, 5) is 25.4. The highest BCUT2D eigenvalue weighted by molar-refractivity contribution is 9.10. The van der Waals surface area contributed by atoms with Gasteiger partial charge in [0.25, 0.3) is 0 Å². The van der Waals surface area contributed by atoms with Crippen molar-refractivity contribution < 1.29 is 19.1 Å². The van der Waals surface area contributed by atoms with Crippen molar-refractivity contribution in [2.45, 2.75) is 0 Å². The Morgan fingerprint density at radius 3 is 2.27 bits per heavy atom. The largest absolute Gasteiger partial charge is 0.465 e. The van der Waals surface area contributed by atoms with E-state index in [2.05, 4.69) is 21.0 Å². The fourth-order valence-corrected chi connectivity index (χ4v) is 3.97. The summed E-state index contributed by atoms with van der Waals surface area (Å²) in [6.07, 6.45) is 0. The third kappa shape index (κ3) is 3.37. The summed E-state index contributed by atoms with van der Waals surface area (Å²) in [7, 11) is 2.53. The third-order valence-corrected chi connectivity index (χ3v) is 5.40. The minimum Gasteiger partial charge on any atom is -0.465 e. The van der Waals surface area contributed by atoms with Crippen LogP contribution in [0.15, 0.2) is 71.2 Å². The molecule has 7 heteroatoms. The standard InChI is InChI=1S/C23H17BrN2O4/c1-29-22(27)19-20(15-12-14-8-6-7-11-17(14)18(24)13-15)25-26(21(19)23(28)30-2)16-9-4-3-5-10-16/h3-13H,1-2H3. The maximum Gasteiger partial charge on any atom is 0.357 e. The molecule has 0 radical (unpaired) electrons. The van der Waals surface area contributed by atoms with Crippen molar-refractivity contribution in [3.05, 3.63) is 82.5 Å². The predicted molar refractivity (Wildman–Crippen MR) is 117 cm³/mol. The van der Waals surface area contributed by atoms with Crippen LogP contribution < -0.4 is 0 Å². The molecule has 3 aromatic carbocycles. The van der Waals surface area contributed by atoms with Gasteiger partial charge in [-0.1, -0.05) is 58.4 Å². The second-order valence-corrected chi connectivity index (χ2v) is 7.34. The van der Waals surface area contributed by atoms with Crippen LogP contribution in [0.5, 0.6) is 0 Å². The Morgan fingerprint density at radius 1 is 0.900 bits per heavy atom. The summed E-state index contributed by atoms with van der Waals surface area (Å²) >= 11 is 3.59. The van der Waals surface area contributed by atoms with Crippen molar-refractivity contribution in [2.75, 3.05) is 14.2 Å². The maximum atomic E-state index is 12.7. The Morgan fingerprint density at radius 2 is 1.57 bits per heavy atom. The van der Waals surface area contributed by atoms with Gasteiger partial charge >= 0.3 is 11.9 Å². The number of methoxy groups -OCH3 is 2. The van der Waals surface area contributed by atoms with Gasteiger partial charge in [0, 0.05) is 10.0 Å². The molecule has 6 nitrogen and oxygen atoms in total. The van der Waals surface area contributed by atoms with E-state index in [1.807, 2.05) is 54.6 Å². The van der Waals surface area contributed by atoms with Crippen LogP contribution in [0.4, 0.5) is 0 Å². The van der Waals surface area contributed by atoms with Crippen molar-refractivity contribution >= 4 is 38.6 Å². The first-order valence-corrected chi connectivity index (χ1v) is 9.88. The molecule has 0 fully saturated rings. The number of rotatable bonds is 4. The lowest BCUT2D eigenvalue weighted by atomic mass is 10.0. The van der Waals surface area contributed by atoms with Gasteiger partial charge in [-0.15, -0.1) is 0 Å². The molecule has 0 amide bonds. The molecular formula is C23H17BrN2O4. The van der Waals surface area contributed by atoms with Crippen LogP contribution in [0.25, 0.3) is 27.7 Å². The van der Waals surface area contributed by atoms with Gasteiger partial charge in [-0.25, -0.2) is 14.3 Å². The van der Waals surface area contributed by atoms with Gasteiger partial charge < -0.3 is 9.47 Å². The number of carbonyl (C=O) groups is 2. The number of hydrogen-bond donors (Lipinski definition) is 0. The summed E-state index contributed by atoms with van der Waals surface area (Å²) < 4.78 is 12.2. The minimum absolute atomic E-state index is 0.00910. The normalized spacial score (nSPS) is 10.8. The molecule has 1 heterocycles. The Hall–Kier alpha value is -3.45. The molecule has 0 saturated carbocycles. The van der Waals surface area contributed by atoms with Crippen molar-refractivity contribution in [1.29, 1.82) is 0 Å². The quantitative estimate of drug-likeness (QED) is 0.396. The topological polar surface area (TPSA) is 70.4 Å². The molecule has 1 aromatic heterocycles. The van der Waals surface area contributed by atoms with E-state index in [1.54, 1.807) is 12.1 Å². The molecule has 0 aliphatic carbocycles. The Bertz CT molecular complexity index is 1270. The zero-order valence-electron chi connectivity index (χ0n) is 16.3. The van der Waals surface area contributed by atoms with Crippen LogP contribution in [0, 0.1) is 0 Å². The van der Waals surface area contributed by atoms with E-state index >= 15 is 0 Å². The first-order chi connectivity index (χ1) is 14.5. The SMILES string of the molecule is COC(=O)c1c(-c2cc(Br)c3ccccc3c2)nn(-c2ccccc2)c1C(=O)OC. The molecule has 0 atom stereocenters. The van der Waals surface area contributed by atoms with Crippen LogP contribution in [0.1, 0.15) is 20.8 Å². The highest BCUT2D eigenvalue weighted by Crippen LogP contribution is 2.34. The van der Waals surface area contributed by atoms with Crippen LogP contribution in [-0.2, 0) is 9.47 Å². The average molecular weight is 465 g/mol. The smallest absolute Gasteiger partial charge is 0.357 e. The molecule has 30 heavy (non-hydrogen) atoms. The zero-order valence-corrected chi connectivity index (χ0v) is 17.8. The number of fused-ring (bicyclic) bond motifs is 1. The second-order valence-electron chi connectivity index (χ2n) is 6.48. The molecule has 0 unspecified atom stereocenters. The van der Waals surface area contributed by atoms with Crippen molar-refractivity contribution in [2.24, 2.45) is 0 Å². The van der Waals surface area contributed by atoms with Gasteiger partial charge in [0.2, 0.25) is 0 Å². The third-order valence-electron chi connectivity index (χ3n) is 4.74. The van der Waals surface area contributed by atoms with Crippen LogP contribution >= 0.6 is 15.9 Å². The number of esters is 2. The predicted octanol–water partition coefficient (Wildman–Crippen LogP) is 5.03. The second kappa shape index (κ2) is 8.12. The highest BCUT2D eigenvalue weighted by Gasteiger charge is 2.31. The summed E-state index contributed by atoms with van der Waals surface area (Å²) in [5.41, 5.74) is 1.68. The fraction of sp³-hybridized carbons (Fsp3) is 0.0870. The number of benzene rings is 3. The Balaban J connectivity index is 2.06. The summed E-state index contributed by atoms with van der Waals surface area (Å²) in [5, 5.41) is 6.62. The van der Waals surface area contributed by atoms with Gasteiger partial charge in [0.15, 0.2) is 5.69 Å². The lowest BCUT2D eigenvalue weighted by molar-refractivity contribution is 0.0549. The highest BCUT2D eigenvalue weighted by atomic mass is 79.9. The molecule has 0 aliphatic rings. The van der Waals surface area contributed by atoms with Gasteiger partial charge in [-0.2, -0.15) is 5.10 Å². The molecule has 150 valence electrons. The van der Waals surface area contributed by atoms with E-state index in [0.717, 1.165) is 15.2 Å². The number of para-hydroxylation sites is 1. The monoisotopic (exact) mass is 464 g/mol. The Kier molecular flexibility index (Phi) is 5.37. The average Bonchev–Trinajstić information content (AvgIpc) is 3.19. The molecule has 4 rings (SSSR count). The number of carbonyl (C=O) groups excluding carboxylic acids is 2. The molecule has 0 saturated heterocycles. The molecular weight excluding hydrogens is 448 g/mol. The number of nitrogens with zero attached hydrogens (tertiary/aromatic N) is 2. The van der Waals surface area contributed by atoms with Crippen molar-refractivity contribution in [3.63, 3.8) is 0 Å². The van der Waals surface area contributed by atoms with Gasteiger partial charge in [0.1, 0.15) is 11.3 Å². The lowest BCUT2D eigenvalue weighted by Crippen LogP contribution is -2.15. The fourth-order valence-electron chi connectivity index (χ4n) is 3.36. The van der Waals surface area contributed by atoms with Crippen molar-refractivity contribution in [3.8, 4) is 16.9 Å². The van der Waals surface area contributed by atoms with E-state index in [9.17, 15) is 9.59 Å². The lowest BCUT2D eigenvalue weighted by Gasteiger charge is -2.07. The van der Waals surface area contributed by atoms with E-state index in [0.29, 0.717) is 16.9 Å². The Labute approximate surface area is 181 Å². The van der Waals surface area contributed by atoms with Crippen LogP contribution in [-0.4, -0.2) is 35.9 Å². The van der Waals surface area contributed by atoms with E-state index < -0.39 is 11.9 Å². The van der Waals surface area contributed by atoms with Gasteiger partial charge in [-0.05, 0) is 35.0 Å².